The van der Waals surface area contributed by atoms with Crippen LogP contribution in [-0.4, -0.2) is 33.0 Å². The van der Waals surface area contributed by atoms with Gasteiger partial charge in [0.2, 0.25) is 0 Å². The third kappa shape index (κ3) is 5.45. The Morgan fingerprint density at radius 1 is 0.966 bits per heavy atom. The van der Waals surface area contributed by atoms with E-state index in [1.165, 1.54) is 37.6 Å². The van der Waals surface area contributed by atoms with Crippen LogP contribution in [0.3, 0.4) is 0 Å². The van der Waals surface area contributed by atoms with Gasteiger partial charge in [0.05, 0.1) is 12.0 Å². The molecule has 3 aromatic rings. The van der Waals surface area contributed by atoms with Crippen molar-refractivity contribution >= 4 is 27.4 Å². The number of benzene rings is 2. The molecule has 0 radical (unpaired) electrons. The number of hydrogen-bond acceptors (Lipinski definition) is 6. The maximum Gasteiger partial charge on any atom is 0.263 e. The summed E-state index contributed by atoms with van der Waals surface area (Å²) >= 11 is 0. The van der Waals surface area contributed by atoms with Gasteiger partial charge >= 0.3 is 0 Å². The molecule has 0 atom stereocenters. The summed E-state index contributed by atoms with van der Waals surface area (Å²) < 4.78 is 37.8. The molecule has 0 unspecified atom stereocenters. The largest absolute Gasteiger partial charge is 0.493 e. The number of hydrogen-bond donors (Lipinski definition) is 2. The Morgan fingerprint density at radius 3 is 2.31 bits per heavy atom. The first-order chi connectivity index (χ1) is 14.0. The number of carbonyl (C=O) groups excluding carboxylic acids is 1. The molecule has 29 heavy (non-hydrogen) atoms. The van der Waals surface area contributed by atoms with E-state index >= 15 is 0 Å². The van der Waals surface area contributed by atoms with Crippen LogP contribution in [0.1, 0.15) is 0 Å². The van der Waals surface area contributed by atoms with Crippen LogP contribution in [0.15, 0.2) is 77.8 Å². The average molecular weight is 413 g/mol. The zero-order valence-electron chi connectivity index (χ0n) is 15.5. The number of sulfonamides is 1. The van der Waals surface area contributed by atoms with Crippen molar-refractivity contribution in [1.29, 1.82) is 0 Å². The number of ether oxygens (including phenoxy) is 2. The first-order valence-corrected chi connectivity index (χ1v) is 10.1. The molecule has 2 N–H and O–H groups in total. The van der Waals surface area contributed by atoms with Crippen LogP contribution in [0.4, 0.5) is 11.5 Å². The molecule has 2 aromatic carbocycles. The van der Waals surface area contributed by atoms with E-state index in [1.54, 1.807) is 42.5 Å². The highest BCUT2D eigenvalue weighted by molar-refractivity contribution is 7.92. The SMILES string of the molecule is COc1ccccc1OCC(=O)Nc1ccc(S(=O)(=O)Nc2ccccn2)cc1. The molecule has 1 aromatic heterocycles. The lowest BCUT2D eigenvalue weighted by Crippen LogP contribution is -2.20. The Bertz CT molecular complexity index is 1070. The minimum atomic E-state index is -3.78. The van der Waals surface area contributed by atoms with Crippen LogP contribution in [0.2, 0.25) is 0 Å². The summed E-state index contributed by atoms with van der Waals surface area (Å²) in [6, 6.07) is 17.7. The van der Waals surface area contributed by atoms with E-state index in [0.717, 1.165) is 0 Å². The number of methoxy groups -OCH3 is 1. The van der Waals surface area contributed by atoms with Gasteiger partial charge in [0.25, 0.3) is 15.9 Å². The highest BCUT2D eigenvalue weighted by atomic mass is 32.2. The summed E-state index contributed by atoms with van der Waals surface area (Å²) in [5.41, 5.74) is 0.440. The lowest BCUT2D eigenvalue weighted by molar-refractivity contribution is -0.118. The molecule has 150 valence electrons. The van der Waals surface area contributed by atoms with Gasteiger partial charge in [0.15, 0.2) is 18.1 Å². The fourth-order valence-electron chi connectivity index (χ4n) is 2.42. The summed E-state index contributed by atoms with van der Waals surface area (Å²) in [5, 5.41) is 2.65. The standard InChI is InChI=1S/C20H19N3O5S/c1-27-17-6-2-3-7-18(17)28-14-20(24)22-15-9-11-16(12-10-15)29(25,26)23-19-8-4-5-13-21-19/h2-13H,14H2,1H3,(H,21,23)(H,22,24). The van der Waals surface area contributed by atoms with Gasteiger partial charge in [-0.15, -0.1) is 0 Å². The molecule has 0 aliphatic rings. The molecule has 9 heteroatoms. The Balaban J connectivity index is 1.59. The second kappa shape index (κ2) is 9.07. The number of rotatable bonds is 8. The maximum absolute atomic E-state index is 12.4. The van der Waals surface area contributed by atoms with Crippen molar-refractivity contribution in [2.75, 3.05) is 23.8 Å². The zero-order valence-corrected chi connectivity index (χ0v) is 16.3. The monoisotopic (exact) mass is 413 g/mol. The van der Waals surface area contributed by atoms with E-state index in [4.69, 9.17) is 9.47 Å². The Labute approximate surface area is 168 Å². The third-order valence-corrected chi connectivity index (χ3v) is 5.15. The van der Waals surface area contributed by atoms with Crippen molar-refractivity contribution in [3.63, 3.8) is 0 Å². The number of nitrogens with one attached hydrogen (secondary N) is 2. The van der Waals surface area contributed by atoms with E-state index in [9.17, 15) is 13.2 Å². The number of nitrogens with zero attached hydrogens (tertiary/aromatic N) is 1. The molecule has 1 amide bonds. The predicted molar refractivity (Wildman–Crippen MR) is 109 cm³/mol. The van der Waals surface area contributed by atoms with Gasteiger partial charge < -0.3 is 14.8 Å². The Kier molecular flexibility index (Phi) is 6.30. The van der Waals surface area contributed by atoms with Gasteiger partial charge in [-0.1, -0.05) is 18.2 Å². The third-order valence-electron chi connectivity index (χ3n) is 3.78. The van der Waals surface area contributed by atoms with Crippen molar-refractivity contribution in [1.82, 2.24) is 4.98 Å². The molecule has 0 aliphatic heterocycles. The molecule has 8 nitrogen and oxygen atoms in total. The fraction of sp³-hybridized carbons (Fsp3) is 0.100. The number of para-hydroxylation sites is 2. The molecule has 3 rings (SSSR count). The molecule has 0 spiro atoms. The first kappa shape index (κ1) is 20.2. The summed E-state index contributed by atoms with van der Waals surface area (Å²) in [5.74, 6) is 0.805. The number of pyridine rings is 1. The topological polar surface area (TPSA) is 107 Å². The van der Waals surface area contributed by atoms with Crippen molar-refractivity contribution < 1.29 is 22.7 Å². The van der Waals surface area contributed by atoms with E-state index in [-0.39, 0.29) is 17.3 Å². The second-order valence-corrected chi connectivity index (χ2v) is 7.51. The first-order valence-electron chi connectivity index (χ1n) is 8.57. The van der Waals surface area contributed by atoms with Crippen molar-refractivity contribution in [2.24, 2.45) is 0 Å². The summed E-state index contributed by atoms with van der Waals surface area (Å²) in [6.45, 7) is -0.221. The smallest absolute Gasteiger partial charge is 0.263 e. The normalized spacial score (nSPS) is 10.8. The molecule has 1 heterocycles. The van der Waals surface area contributed by atoms with E-state index in [0.29, 0.717) is 17.2 Å². The Hall–Kier alpha value is -3.59. The number of amides is 1. The molecule has 0 aliphatic carbocycles. The Morgan fingerprint density at radius 2 is 1.66 bits per heavy atom. The van der Waals surface area contributed by atoms with Crippen LogP contribution in [0.5, 0.6) is 11.5 Å². The lowest BCUT2D eigenvalue weighted by atomic mass is 10.3. The number of carbonyl (C=O) groups is 1. The van der Waals surface area contributed by atoms with Crippen molar-refractivity contribution in [3.05, 3.63) is 72.9 Å². The van der Waals surface area contributed by atoms with Gasteiger partial charge in [-0.25, -0.2) is 13.4 Å². The molecule has 0 fully saturated rings. The fourth-order valence-corrected chi connectivity index (χ4v) is 3.42. The maximum atomic E-state index is 12.4. The second-order valence-electron chi connectivity index (χ2n) is 5.83. The van der Waals surface area contributed by atoms with Crippen LogP contribution >= 0.6 is 0 Å². The van der Waals surface area contributed by atoms with E-state index in [2.05, 4.69) is 15.0 Å². The molecule has 0 saturated carbocycles. The number of aromatic nitrogens is 1. The quantitative estimate of drug-likeness (QED) is 0.588. The summed E-state index contributed by atoms with van der Waals surface area (Å²) in [7, 11) is -2.26. The molecule has 0 saturated heterocycles. The minimum absolute atomic E-state index is 0.0476. The average Bonchev–Trinajstić information content (AvgIpc) is 2.73. The predicted octanol–water partition coefficient (Wildman–Crippen LogP) is 2.91. The highest BCUT2D eigenvalue weighted by Gasteiger charge is 2.15. The molecular formula is C20H19N3O5S. The lowest BCUT2D eigenvalue weighted by Gasteiger charge is -2.11. The minimum Gasteiger partial charge on any atom is -0.493 e. The van der Waals surface area contributed by atoms with Gasteiger partial charge in [-0.2, -0.15) is 0 Å². The summed E-state index contributed by atoms with van der Waals surface area (Å²) in [4.78, 5) is 16.1. The number of anilines is 2. The van der Waals surface area contributed by atoms with Crippen molar-refractivity contribution in [2.45, 2.75) is 4.90 Å². The van der Waals surface area contributed by atoms with Crippen LogP contribution in [-0.2, 0) is 14.8 Å². The van der Waals surface area contributed by atoms with Gasteiger partial charge in [-0.05, 0) is 48.5 Å². The van der Waals surface area contributed by atoms with E-state index in [1.807, 2.05) is 0 Å². The van der Waals surface area contributed by atoms with Gasteiger partial charge in [-0.3, -0.25) is 9.52 Å². The summed E-state index contributed by atoms with van der Waals surface area (Å²) in [6.07, 6.45) is 1.49. The van der Waals surface area contributed by atoms with Gasteiger partial charge in [0.1, 0.15) is 5.82 Å². The van der Waals surface area contributed by atoms with Crippen LogP contribution in [0.25, 0.3) is 0 Å². The van der Waals surface area contributed by atoms with E-state index < -0.39 is 15.9 Å². The zero-order chi connectivity index (χ0) is 20.7. The molecule has 0 bridgehead atoms. The van der Waals surface area contributed by atoms with Gasteiger partial charge in [0, 0.05) is 11.9 Å². The van der Waals surface area contributed by atoms with Crippen LogP contribution in [0, 0.1) is 0 Å². The highest BCUT2D eigenvalue weighted by Crippen LogP contribution is 2.25. The molecular weight excluding hydrogens is 394 g/mol. The van der Waals surface area contributed by atoms with Crippen molar-refractivity contribution in [3.8, 4) is 11.5 Å². The van der Waals surface area contributed by atoms with Crippen LogP contribution < -0.4 is 19.5 Å².